The van der Waals surface area contributed by atoms with Crippen molar-refractivity contribution in [3.05, 3.63) is 70.6 Å². The Morgan fingerprint density at radius 1 is 1.04 bits per heavy atom. The van der Waals surface area contributed by atoms with Crippen LogP contribution in [0.5, 0.6) is 11.5 Å². The number of aromatic amines is 1. The van der Waals surface area contributed by atoms with Crippen molar-refractivity contribution in [1.82, 2.24) is 15.0 Å². The fraction of sp³-hybridized carbons (Fsp3) is 0. The number of para-hydroxylation sites is 1. The first-order valence-corrected chi connectivity index (χ1v) is 7.83. The Balaban J connectivity index is 1.76. The van der Waals surface area contributed by atoms with Gasteiger partial charge < -0.3 is 9.72 Å². The topological polar surface area (TPSA) is 67.9 Å². The zero-order valence-electron chi connectivity index (χ0n) is 11.9. The van der Waals surface area contributed by atoms with Gasteiger partial charge >= 0.3 is 0 Å². The van der Waals surface area contributed by atoms with E-state index in [1.807, 2.05) is 30.3 Å². The van der Waals surface area contributed by atoms with Gasteiger partial charge in [-0.15, -0.1) is 11.3 Å². The van der Waals surface area contributed by atoms with Gasteiger partial charge in [-0.05, 0) is 30.3 Å². The fourth-order valence-corrected chi connectivity index (χ4v) is 2.82. The molecule has 4 rings (SSSR count). The number of ether oxygens (including phenoxy) is 1. The average Bonchev–Trinajstić information content (AvgIpc) is 3.11. The van der Waals surface area contributed by atoms with E-state index in [1.165, 1.54) is 11.3 Å². The van der Waals surface area contributed by atoms with Crippen molar-refractivity contribution in [2.24, 2.45) is 0 Å². The van der Waals surface area contributed by atoms with E-state index >= 15 is 0 Å². The third-order valence-corrected chi connectivity index (χ3v) is 4.10. The van der Waals surface area contributed by atoms with Crippen LogP contribution >= 0.6 is 11.3 Å². The molecule has 112 valence electrons. The minimum absolute atomic E-state index is 0.197. The smallest absolute Gasteiger partial charge is 0.259 e. The molecule has 0 aliphatic heterocycles. The van der Waals surface area contributed by atoms with E-state index in [4.69, 9.17) is 4.74 Å². The Hall–Kier alpha value is -2.99. The molecule has 0 fully saturated rings. The first kappa shape index (κ1) is 13.7. The summed E-state index contributed by atoms with van der Waals surface area (Å²) < 4.78 is 5.76. The molecule has 0 amide bonds. The van der Waals surface area contributed by atoms with E-state index in [2.05, 4.69) is 15.0 Å². The lowest BCUT2D eigenvalue weighted by molar-refractivity contribution is 0.483. The molecule has 0 aliphatic rings. The van der Waals surface area contributed by atoms with Crippen LogP contribution in [0, 0.1) is 0 Å². The van der Waals surface area contributed by atoms with Crippen LogP contribution in [0.25, 0.3) is 21.6 Å². The predicted octanol–water partition coefficient (Wildman–Crippen LogP) is 3.84. The molecule has 6 heteroatoms. The van der Waals surface area contributed by atoms with Crippen molar-refractivity contribution in [2.45, 2.75) is 0 Å². The maximum absolute atomic E-state index is 12.3. The molecule has 0 bridgehead atoms. The van der Waals surface area contributed by atoms with Crippen LogP contribution in [0.4, 0.5) is 0 Å². The van der Waals surface area contributed by atoms with Crippen LogP contribution in [0.3, 0.4) is 0 Å². The lowest BCUT2D eigenvalue weighted by Crippen LogP contribution is -2.09. The summed E-state index contributed by atoms with van der Waals surface area (Å²) in [6, 6.07) is 14.7. The third-order valence-electron chi connectivity index (χ3n) is 3.32. The number of fused-ring (bicyclic) bond motifs is 1. The van der Waals surface area contributed by atoms with Crippen molar-refractivity contribution in [1.29, 1.82) is 0 Å². The Morgan fingerprint density at radius 3 is 2.70 bits per heavy atom. The van der Waals surface area contributed by atoms with Gasteiger partial charge in [0.2, 0.25) is 0 Å². The second-order valence-corrected chi connectivity index (χ2v) is 5.76. The van der Waals surface area contributed by atoms with Crippen molar-refractivity contribution in [2.75, 3.05) is 0 Å². The van der Waals surface area contributed by atoms with E-state index in [0.29, 0.717) is 22.5 Å². The summed E-state index contributed by atoms with van der Waals surface area (Å²) in [5.41, 5.74) is 2.13. The van der Waals surface area contributed by atoms with Crippen molar-refractivity contribution in [3.8, 4) is 22.2 Å². The first-order chi connectivity index (χ1) is 11.3. The van der Waals surface area contributed by atoms with E-state index in [-0.39, 0.29) is 5.56 Å². The highest BCUT2D eigenvalue weighted by Crippen LogP contribution is 2.25. The number of hydrogen-bond donors (Lipinski definition) is 1. The second-order valence-electron chi connectivity index (χ2n) is 4.87. The molecule has 1 N–H and O–H groups in total. The quantitative estimate of drug-likeness (QED) is 0.622. The molecule has 2 aromatic carbocycles. The fourth-order valence-electron chi connectivity index (χ4n) is 2.26. The molecule has 0 saturated carbocycles. The molecule has 2 aromatic heterocycles. The summed E-state index contributed by atoms with van der Waals surface area (Å²) in [7, 11) is 0. The van der Waals surface area contributed by atoms with Gasteiger partial charge in [-0.3, -0.25) is 9.78 Å². The SMILES string of the molecule is O=c1[nH]c(-c2cncs2)nc2ccc(Oc3ccccc3)cc12. The molecule has 4 aromatic rings. The summed E-state index contributed by atoms with van der Waals surface area (Å²) in [6.45, 7) is 0. The number of thiazole rings is 1. The minimum Gasteiger partial charge on any atom is -0.457 e. The maximum Gasteiger partial charge on any atom is 0.259 e. The first-order valence-electron chi connectivity index (χ1n) is 6.95. The Morgan fingerprint density at radius 2 is 1.91 bits per heavy atom. The Kier molecular flexibility index (Phi) is 3.36. The van der Waals surface area contributed by atoms with E-state index in [9.17, 15) is 4.79 Å². The van der Waals surface area contributed by atoms with Gasteiger partial charge in [0.05, 0.1) is 21.3 Å². The normalized spacial score (nSPS) is 10.8. The van der Waals surface area contributed by atoms with E-state index < -0.39 is 0 Å². The van der Waals surface area contributed by atoms with Crippen LogP contribution < -0.4 is 10.3 Å². The minimum atomic E-state index is -0.197. The highest BCUT2D eigenvalue weighted by Gasteiger charge is 2.08. The lowest BCUT2D eigenvalue weighted by Gasteiger charge is -2.06. The molecule has 5 nitrogen and oxygen atoms in total. The summed E-state index contributed by atoms with van der Waals surface area (Å²) in [6.07, 6.45) is 1.68. The van der Waals surface area contributed by atoms with Crippen molar-refractivity contribution >= 4 is 22.2 Å². The van der Waals surface area contributed by atoms with E-state index in [0.717, 1.165) is 10.6 Å². The number of benzene rings is 2. The number of nitrogens with zero attached hydrogens (tertiary/aromatic N) is 2. The van der Waals surface area contributed by atoms with Gasteiger partial charge in [-0.2, -0.15) is 0 Å². The number of hydrogen-bond acceptors (Lipinski definition) is 5. The van der Waals surface area contributed by atoms with Crippen LogP contribution in [-0.4, -0.2) is 15.0 Å². The maximum atomic E-state index is 12.3. The molecule has 0 atom stereocenters. The van der Waals surface area contributed by atoms with Crippen LogP contribution in [0.1, 0.15) is 0 Å². The summed E-state index contributed by atoms with van der Waals surface area (Å²) in [4.78, 5) is 24.4. The highest BCUT2D eigenvalue weighted by molar-refractivity contribution is 7.13. The average molecular weight is 321 g/mol. The molecule has 0 aliphatic carbocycles. The lowest BCUT2D eigenvalue weighted by atomic mass is 10.2. The number of rotatable bonds is 3. The van der Waals surface area contributed by atoms with Crippen molar-refractivity contribution in [3.63, 3.8) is 0 Å². The molecule has 0 spiro atoms. The van der Waals surface area contributed by atoms with Crippen LogP contribution in [0.15, 0.2) is 65.0 Å². The number of nitrogens with one attached hydrogen (secondary N) is 1. The molecular formula is C17H11N3O2S. The highest BCUT2D eigenvalue weighted by atomic mass is 32.1. The third kappa shape index (κ3) is 2.72. The number of aromatic nitrogens is 3. The van der Waals surface area contributed by atoms with Crippen LogP contribution in [-0.2, 0) is 0 Å². The van der Waals surface area contributed by atoms with Crippen molar-refractivity contribution < 1.29 is 4.74 Å². The van der Waals surface area contributed by atoms with Gasteiger partial charge in [0, 0.05) is 6.20 Å². The molecule has 0 saturated heterocycles. The summed E-state index contributed by atoms with van der Waals surface area (Å²) in [5.74, 6) is 1.85. The van der Waals surface area contributed by atoms with Gasteiger partial charge in [-0.1, -0.05) is 18.2 Å². The molecule has 23 heavy (non-hydrogen) atoms. The van der Waals surface area contributed by atoms with Gasteiger partial charge in [0.15, 0.2) is 5.82 Å². The number of H-pyrrole nitrogens is 1. The monoisotopic (exact) mass is 321 g/mol. The molecule has 2 heterocycles. The second kappa shape index (κ2) is 5.66. The predicted molar refractivity (Wildman–Crippen MR) is 90.0 cm³/mol. The molecular weight excluding hydrogens is 310 g/mol. The Bertz CT molecular complexity index is 1010. The van der Waals surface area contributed by atoms with Crippen LogP contribution in [0.2, 0.25) is 0 Å². The Labute approximate surface area is 135 Å². The van der Waals surface area contributed by atoms with Gasteiger partial charge in [-0.25, -0.2) is 4.98 Å². The van der Waals surface area contributed by atoms with Gasteiger partial charge in [0.25, 0.3) is 5.56 Å². The standard InChI is InChI=1S/C17H11N3O2S/c21-17-13-8-12(22-11-4-2-1-3-5-11)6-7-14(13)19-16(20-17)15-9-18-10-23-15/h1-10H,(H,19,20,21). The van der Waals surface area contributed by atoms with E-state index in [1.54, 1.807) is 29.9 Å². The molecule has 0 radical (unpaired) electrons. The van der Waals surface area contributed by atoms with Gasteiger partial charge in [0.1, 0.15) is 11.5 Å². The largest absolute Gasteiger partial charge is 0.457 e. The summed E-state index contributed by atoms with van der Waals surface area (Å²) in [5, 5.41) is 0.492. The molecule has 0 unspecified atom stereocenters. The zero-order valence-corrected chi connectivity index (χ0v) is 12.7. The zero-order chi connectivity index (χ0) is 15.6. The summed E-state index contributed by atoms with van der Waals surface area (Å²) >= 11 is 1.43.